The monoisotopic (exact) mass is 208 g/mol. The molecule has 1 fully saturated rings. The van der Waals surface area contributed by atoms with Crippen molar-refractivity contribution < 1.29 is 4.39 Å². The summed E-state index contributed by atoms with van der Waals surface area (Å²) in [6, 6.07) is 4.92. The third kappa shape index (κ3) is 1.90. The Bertz CT molecular complexity index is 374. The molecule has 3 heteroatoms. The van der Waals surface area contributed by atoms with Crippen LogP contribution in [0.3, 0.4) is 0 Å². The molecular formula is C12H17FN2. The molecule has 1 aromatic carbocycles. The summed E-state index contributed by atoms with van der Waals surface area (Å²) in [6.45, 7) is 5.64. The minimum atomic E-state index is -0.279. The van der Waals surface area contributed by atoms with Crippen LogP contribution in [0, 0.1) is 12.7 Å². The van der Waals surface area contributed by atoms with Crippen molar-refractivity contribution in [1.29, 1.82) is 0 Å². The van der Waals surface area contributed by atoms with Crippen LogP contribution in [-0.2, 0) is 0 Å². The zero-order chi connectivity index (χ0) is 11.1. The van der Waals surface area contributed by atoms with E-state index >= 15 is 0 Å². The number of benzene rings is 1. The molecule has 0 amide bonds. The van der Waals surface area contributed by atoms with Crippen LogP contribution < -0.4 is 11.1 Å². The molecular weight excluding hydrogens is 191 g/mol. The molecule has 0 aliphatic carbocycles. The van der Waals surface area contributed by atoms with Gasteiger partial charge in [0.1, 0.15) is 5.82 Å². The first-order chi connectivity index (χ1) is 7.00. The number of aryl methyl sites for hydroxylation is 1. The van der Waals surface area contributed by atoms with Crippen molar-refractivity contribution in [2.75, 3.05) is 13.1 Å². The van der Waals surface area contributed by atoms with Gasteiger partial charge >= 0.3 is 0 Å². The maximum absolute atomic E-state index is 13.2. The lowest BCUT2D eigenvalue weighted by Gasteiger charge is -2.27. The summed E-state index contributed by atoms with van der Waals surface area (Å²) < 4.78 is 13.2. The van der Waals surface area contributed by atoms with Crippen molar-refractivity contribution in [2.45, 2.75) is 25.3 Å². The summed E-state index contributed by atoms with van der Waals surface area (Å²) in [5.41, 5.74) is 8.05. The third-order valence-corrected chi connectivity index (χ3v) is 3.27. The summed E-state index contributed by atoms with van der Waals surface area (Å²) >= 11 is 0. The van der Waals surface area contributed by atoms with E-state index in [1.165, 1.54) is 6.07 Å². The fraction of sp³-hybridized carbons (Fsp3) is 0.500. The molecule has 0 spiro atoms. The predicted molar refractivity (Wildman–Crippen MR) is 59.3 cm³/mol. The number of hydrogen-bond acceptors (Lipinski definition) is 2. The molecule has 82 valence electrons. The van der Waals surface area contributed by atoms with Crippen LogP contribution >= 0.6 is 0 Å². The molecule has 1 aliphatic heterocycles. The highest BCUT2D eigenvalue weighted by atomic mass is 19.1. The van der Waals surface area contributed by atoms with E-state index < -0.39 is 0 Å². The van der Waals surface area contributed by atoms with Gasteiger partial charge in [0.15, 0.2) is 0 Å². The van der Waals surface area contributed by atoms with Crippen LogP contribution in [0.2, 0.25) is 0 Å². The topological polar surface area (TPSA) is 38.0 Å². The van der Waals surface area contributed by atoms with E-state index in [4.69, 9.17) is 5.73 Å². The third-order valence-electron chi connectivity index (χ3n) is 3.27. The van der Waals surface area contributed by atoms with Gasteiger partial charge in [0.2, 0.25) is 0 Å². The fourth-order valence-electron chi connectivity index (χ4n) is 2.29. The molecule has 1 saturated heterocycles. The highest BCUT2D eigenvalue weighted by Crippen LogP contribution is 2.31. The maximum atomic E-state index is 13.2. The lowest BCUT2D eigenvalue weighted by Crippen LogP contribution is -2.43. The normalized spacial score (nSPS) is 30.8. The van der Waals surface area contributed by atoms with Crippen LogP contribution in [0.5, 0.6) is 0 Å². The predicted octanol–water partition coefficient (Wildman–Crippen LogP) is 1.54. The molecule has 0 aromatic heterocycles. The lowest BCUT2D eigenvalue weighted by molar-refractivity contribution is 0.459. The average molecular weight is 208 g/mol. The fourth-order valence-corrected chi connectivity index (χ4v) is 2.29. The Labute approximate surface area is 89.7 Å². The first-order valence-electron chi connectivity index (χ1n) is 5.26. The van der Waals surface area contributed by atoms with Gasteiger partial charge in [-0.3, -0.25) is 0 Å². The highest BCUT2D eigenvalue weighted by Gasteiger charge is 2.36. The van der Waals surface area contributed by atoms with Gasteiger partial charge in [0.25, 0.3) is 0 Å². The van der Waals surface area contributed by atoms with Crippen LogP contribution in [0.1, 0.15) is 24.0 Å². The van der Waals surface area contributed by atoms with E-state index in [-0.39, 0.29) is 17.3 Å². The van der Waals surface area contributed by atoms with E-state index in [0.29, 0.717) is 0 Å². The standard InChI is InChI=1S/C12H17FN2/c1-8-3-4-9(13)5-10(8)11-6-15-7-12(11,2)14/h3-5,11,15H,6-7,14H2,1-2H3/t11-,12+/m1/s1. The van der Waals surface area contributed by atoms with E-state index in [1.54, 1.807) is 6.07 Å². The SMILES string of the molecule is Cc1ccc(F)cc1[C@H]1CNC[C@]1(C)N. The van der Waals surface area contributed by atoms with Crippen molar-refractivity contribution >= 4 is 0 Å². The van der Waals surface area contributed by atoms with Gasteiger partial charge < -0.3 is 11.1 Å². The number of halogens is 1. The van der Waals surface area contributed by atoms with Crippen molar-refractivity contribution in [1.82, 2.24) is 5.32 Å². The maximum Gasteiger partial charge on any atom is 0.123 e. The van der Waals surface area contributed by atoms with Gasteiger partial charge in [-0.2, -0.15) is 0 Å². The number of nitrogens with two attached hydrogens (primary N) is 1. The van der Waals surface area contributed by atoms with Gasteiger partial charge in [-0.15, -0.1) is 0 Å². The zero-order valence-corrected chi connectivity index (χ0v) is 9.18. The summed E-state index contributed by atoms with van der Waals surface area (Å²) in [5.74, 6) is 0.0199. The van der Waals surface area contributed by atoms with Crippen LogP contribution in [0.4, 0.5) is 4.39 Å². The van der Waals surface area contributed by atoms with Crippen molar-refractivity contribution in [3.8, 4) is 0 Å². The molecule has 1 heterocycles. The Morgan fingerprint density at radius 2 is 2.27 bits per heavy atom. The second-order valence-electron chi connectivity index (χ2n) is 4.69. The van der Waals surface area contributed by atoms with Crippen LogP contribution in [0.25, 0.3) is 0 Å². The van der Waals surface area contributed by atoms with Gasteiger partial charge in [0.05, 0.1) is 0 Å². The quantitative estimate of drug-likeness (QED) is 0.734. The largest absolute Gasteiger partial charge is 0.324 e. The molecule has 1 aliphatic rings. The first kappa shape index (κ1) is 10.6. The average Bonchev–Trinajstić information content (AvgIpc) is 2.50. The van der Waals surface area contributed by atoms with Gasteiger partial charge in [-0.05, 0) is 37.1 Å². The summed E-state index contributed by atoms with van der Waals surface area (Å²) in [4.78, 5) is 0. The highest BCUT2D eigenvalue weighted by molar-refractivity contribution is 5.34. The zero-order valence-electron chi connectivity index (χ0n) is 9.18. The Morgan fingerprint density at radius 1 is 1.53 bits per heavy atom. The molecule has 0 unspecified atom stereocenters. The Hall–Kier alpha value is -0.930. The lowest BCUT2D eigenvalue weighted by atomic mass is 9.82. The molecule has 2 nitrogen and oxygen atoms in total. The Morgan fingerprint density at radius 3 is 2.87 bits per heavy atom. The molecule has 0 bridgehead atoms. The number of rotatable bonds is 1. The summed E-state index contributed by atoms with van der Waals surface area (Å²) in [6.07, 6.45) is 0. The minimum absolute atomic E-state index is 0.182. The van der Waals surface area contributed by atoms with E-state index in [0.717, 1.165) is 24.2 Å². The van der Waals surface area contributed by atoms with E-state index in [2.05, 4.69) is 5.32 Å². The van der Waals surface area contributed by atoms with Crippen molar-refractivity contribution in [2.24, 2.45) is 5.73 Å². The van der Waals surface area contributed by atoms with Gasteiger partial charge in [0, 0.05) is 24.5 Å². The van der Waals surface area contributed by atoms with E-state index in [9.17, 15) is 4.39 Å². The van der Waals surface area contributed by atoms with Gasteiger partial charge in [-0.1, -0.05) is 6.07 Å². The molecule has 3 N–H and O–H groups in total. The van der Waals surface area contributed by atoms with E-state index in [1.807, 2.05) is 19.9 Å². The molecule has 2 rings (SSSR count). The Balaban J connectivity index is 2.40. The number of hydrogen-bond donors (Lipinski definition) is 2. The molecule has 1 aromatic rings. The molecule has 2 atom stereocenters. The summed E-state index contributed by atoms with van der Waals surface area (Å²) in [7, 11) is 0. The smallest absolute Gasteiger partial charge is 0.123 e. The molecule has 0 saturated carbocycles. The van der Waals surface area contributed by atoms with Crippen molar-refractivity contribution in [3.63, 3.8) is 0 Å². The van der Waals surface area contributed by atoms with Crippen LogP contribution in [0.15, 0.2) is 18.2 Å². The second kappa shape index (κ2) is 3.58. The Kier molecular flexibility index (Phi) is 2.52. The molecule has 15 heavy (non-hydrogen) atoms. The molecule has 0 radical (unpaired) electrons. The van der Waals surface area contributed by atoms with Crippen molar-refractivity contribution in [3.05, 3.63) is 35.1 Å². The minimum Gasteiger partial charge on any atom is -0.324 e. The number of nitrogens with one attached hydrogen (secondary N) is 1. The van der Waals surface area contributed by atoms with Crippen LogP contribution in [-0.4, -0.2) is 18.6 Å². The second-order valence-corrected chi connectivity index (χ2v) is 4.69. The summed E-state index contributed by atoms with van der Waals surface area (Å²) in [5, 5.41) is 3.26. The first-order valence-corrected chi connectivity index (χ1v) is 5.26. The van der Waals surface area contributed by atoms with Gasteiger partial charge in [-0.25, -0.2) is 4.39 Å².